The van der Waals surface area contributed by atoms with Crippen molar-refractivity contribution < 1.29 is 18.6 Å². The molecular formula is C22H20F2N4O2. The molecule has 154 valence electrons. The highest BCUT2D eigenvalue weighted by Gasteiger charge is 2.40. The molecule has 2 aromatic carbocycles. The number of hydrogen-bond donors (Lipinski definition) is 1. The van der Waals surface area contributed by atoms with Crippen LogP contribution in [0.25, 0.3) is 10.9 Å². The number of fused-ring (bicyclic) bond motifs is 1. The number of aliphatic hydroxyl groups is 1. The number of pyridine rings is 1. The fourth-order valence-corrected chi connectivity index (χ4v) is 3.59. The molecule has 6 nitrogen and oxygen atoms in total. The number of aromatic nitrogens is 4. The second-order valence-electron chi connectivity index (χ2n) is 7.16. The van der Waals surface area contributed by atoms with Crippen molar-refractivity contribution in [1.29, 1.82) is 0 Å². The summed E-state index contributed by atoms with van der Waals surface area (Å²) in [5, 5.41) is 16.6. The van der Waals surface area contributed by atoms with Gasteiger partial charge >= 0.3 is 0 Å². The molecule has 0 aliphatic carbocycles. The van der Waals surface area contributed by atoms with Crippen molar-refractivity contribution in [2.45, 2.75) is 25.0 Å². The van der Waals surface area contributed by atoms with Crippen LogP contribution in [0.2, 0.25) is 0 Å². The highest BCUT2D eigenvalue weighted by atomic mass is 19.1. The van der Waals surface area contributed by atoms with E-state index in [0.717, 1.165) is 17.5 Å². The van der Waals surface area contributed by atoms with Gasteiger partial charge in [-0.15, -0.1) is 0 Å². The third-order valence-corrected chi connectivity index (χ3v) is 5.35. The Kier molecular flexibility index (Phi) is 5.17. The molecule has 0 fully saturated rings. The minimum Gasteiger partial charge on any atom is -0.497 e. The maximum atomic E-state index is 14.7. The molecule has 0 saturated carbocycles. The third kappa shape index (κ3) is 3.61. The number of methoxy groups -OCH3 is 1. The van der Waals surface area contributed by atoms with E-state index in [1.807, 2.05) is 18.2 Å². The topological polar surface area (TPSA) is 73.1 Å². The molecule has 2 heterocycles. The lowest BCUT2D eigenvalue weighted by Gasteiger charge is -2.34. The molecule has 0 aliphatic rings. The van der Waals surface area contributed by atoms with Crippen LogP contribution in [0, 0.1) is 11.6 Å². The van der Waals surface area contributed by atoms with Crippen LogP contribution >= 0.6 is 0 Å². The van der Waals surface area contributed by atoms with Crippen LogP contribution in [0.3, 0.4) is 0 Å². The Balaban J connectivity index is 1.80. The summed E-state index contributed by atoms with van der Waals surface area (Å²) in [6, 6.07) is 12.3. The van der Waals surface area contributed by atoms with E-state index in [-0.39, 0.29) is 12.1 Å². The molecule has 2 aromatic heterocycles. The summed E-state index contributed by atoms with van der Waals surface area (Å²) in [5.41, 5.74) is -0.524. The molecule has 0 saturated heterocycles. The first-order valence-corrected chi connectivity index (χ1v) is 9.36. The molecule has 4 aromatic rings. The molecule has 0 spiro atoms. The van der Waals surface area contributed by atoms with Crippen molar-refractivity contribution in [3.05, 3.63) is 84.1 Å². The largest absolute Gasteiger partial charge is 0.497 e. The standard InChI is InChI=1S/C22H20F2N4O2/c1-14(20-7-3-15-9-17(30-2)5-8-21(15)27-20)22(29,11-28-13-25-12-26-28)18-6-4-16(23)10-19(18)24/h3-10,12-14,29H,11H2,1-2H3. The third-order valence-electron chi connectivity index (χ3n) is 5.35. The van der Waals surface area contributed by atoms with Crippen LogP contribution in [0.15, 0.2) is 61.2 Å². The van der Waals surface area contributed by atoms with E-state index in [1.165, 1.54) is 23.4 Å². The number of rotatable bonds is 6. The lowest BCUT2D eigenvalue weighted by atomic mass is 9.79. The molecule has 2 atom stereocenters. The summed E-state index contributed by atoms with van der Waals surface area (Å²) in [4.78, 5) is 8.55. The van der Waals surface area contributed by atoms with E-state index >= 15 is 0 Å². The van der Waals surface area contributed by atoms with E-state index in [4.69, 9.17) is 4.74 Å². The summed E-state index contributed by atoms with van der Waals surface area (Å²) in [6.07, 6.45) is 2.76. The van der Waals surface area contributed by atoms with Gasteiger partial charge in [-0.1, -0.05) is 19.1 Å². The summed E-state index contributed by atoms with van der Waals surface area (Å²) < 4.78 is 34.9. The normalized spacial score (nSPS) is 14.4. The maximum Gasteiger partial charge on any atom is 0.137 e. The van der Waals surface area contributed by atoms with E-state index in [0.29, 0.717) is 17.0 Å². The zero-order valence-corrected chi connectivity index (χ0v) is 16.5. The van der Waals surface area contributed by atoms with Crippen molar-refractivity contribution in [3.8, 4) is 5.75 Å². The molecule has 2 unspecified atom stereocenters. The van der Waals surface area contributed by atoms with E-state index in [2.05, 4.69) is 15.1 Å². The van der Waals surface area contributed by atoms with Gasteiger partial charge in [0.1, 0.15) is 35.6 Å². The Labute approximate surface area is 171 Å². The van der Waals surface area contributed by atoms with Gasteiger partial charge in [-0.05, 0) is 30.3 Å². The molecule has 8 heteroatoms. The minimum absolute atomic E-state index is 0.0384. The summed E-state index contributed by atoms with van der Waals surface area (Å²) in [5.74, 6) is -1.49. The SMILES string of the molecule is COc1ccc2nc(C(C)C(O)(Cn3cncn3)c3ccc(F)cc3F)ccc2c1. The summed E-state index contributed by atoms with van der Waals surface area (Å²) in [6.45, 7) is 1.66. The molecule has 30 heavy (non-hydrogen) atoms. The van der Waals surface area contributed by atoms with Crippen molar-refractivity contribution in [1.82, 2.24) is 19.7 Å². The Hall–Kier alpha value is -3.39. The van der Waals surface area contributed by atoms with Crippen molar-refractivity contribution in [3.63, 3.8) is 0 Å². The highest BCUT2D eigenvalue weighted by Crippen LogP contribution is 2.39. The highest BCUT2D eigenvalue weighted by molar-refractivity contribution is 5.80. The first-order chi connectivity index (χ1) is 14.4. The van der Waals surface area contributed by atoms with E-state index in [9.17, 15) is 13.9 Å². The van der Waals surface area contributed by atoms with Gasteiger partial charge in [0.2, 0.25) is 0 Å². The number of nitrogens with zero attached hydrogens (tertiary/aromatic N) is 4. The molecule has 0 bridgehead atoms. The van der Waals surface area contributed by atoms with Crippen molar-refractivity contribution in [2.24, 2.45) is 0 Å². The minimum atomic E-state index is -1.75. The van der Waals surface area contributed by atoms with Gasteiger partial charge in [-0.3, -0.25) is 4.98 Å². The van der Waals surface area contributed by atoms with Crippen LogP contribution in [-0.4, -0.2) is 32.0 Å². The van der Waals surface area contributed by atoms with Crippen LogP contribution in [0.4, 0.5) is 8.78 Å². The van der Waals surface area contributed by atoms with Crippen LogP contribution in [0.1, 0.15) is 24.1 Å². The van der Waals surface area contributed by atoms with Gasteiger partial charge in [-0.25, -0.2) is 18.4 Å². The van der Waals surface area contributed by atoms with Gasteiger partial charge < -0.3 is 9.84 Å². The molecule has 1 N–H and O–H groups in total. The molecule has 0 radical (unpaired) electrons. The Morgan fingerprint density at radius 1 is 1.13 bits per heavy atom. The van der Waals surface area contributed by atoms with E-state index in [1.54, 1.807) is 26.2 Å². The van der Waals surface area contributed by atoms with Crippen LogP contribution < -0.4 is 4.74 Å². The Morgan fingerprint density at radius 3 is 2.67 bits per heavy atom. The fourth-order valence-electron chi connectivity index (χ4n) is 3.59. The number of halogens is 2. The zero-order valence-electron chi connectivity index (χ0n) is 16.5. The molecule has 4 rings (SSSR count). The lowest BCUT2D eigenvalue weighted by Crippen LogP contribution is -2.38. The van der Waals surface area contributed by atoms with Crippen LogP contribution in [0.5, 0.6) is 5.75 Å². The quantitative estimate of drug-likeness (QED) is 0.523. The second kappa shape index (κ2) is 7.79. The predicted molar refractivity (Wildman–Crippen MR) is 107 cm³/mol. The lowest BCUT2D eigenvalue weighted by molar-refractivity contribution is -0.0122. The number of ether oxygens (including phenoxy) is 1. The van der Waals surface area contributed by atoms with Crippen LogP contribution in [-0.2, 0) is 12.1 Å². The zero-order chi connectivity index (χ0) is 21.3. The van der Waals surface area contributed by atoms with E-state index < -0.39 is 23.2 Å². The number of hydrogen-bond acceptors (Lipinski definition) is 5. The second-order valence-corrected chi connectivity index (χ2v) is 7.16. The first-order valence-electron chi connectivity index (χ1n) is 9.36. The Bertz CT molecular complexity index is 1180. The molecule has 0 aliphatic heterocycles. The van der Waals surface area contributed by atoms with Gasteiger partial charge in [-0.2, -0.15) is 5.10 Å². The predicted octanol–water partition coefficient (Wildman–Crippen LogP) is 3.80. The summed E-state index contributed by atoms with van der Waals surface area (Å²) in [7, 11) is 1.59. The average Bonchev–Trinajstić information content (AvgIpc) is 3.25. The monoisotopic (exact) mass is 410 g/mol. The summed E-state index contributed by atoms with van der Waals surface area (Å²) >= 11 is 0. The fraction of sp³-hybridized carbons (Fsp3) is 0.227. The van der Waals surface area contributed by atoms with Crippen molar-refractivity contribution in [2.75, 3.05) is 7.11 Å². The van der Waals surface area contributed by atoms with Gasteiger partial charge in [0, 0.05) is 28.6 Å². The number of benzene rings is 2. The maximum absolute atomic E-state index is 14.7. The molecule has 0 amide bonds. The molecular weight excluding hydrogens is 390 g/mol. The van der Waals surface area contributed by atoms with Crippen molar-refractivity contribution >= 4 is 10.9 Å². The smallest absolute Gasteiger partial charge is 0.137 e. The van der Waals surface area contributed by atoms with Gasteiger partial charge in [0.05, 0.1) is 19.2 Å². The average molecular weight is 410 g/mol. The Morgan fingerprint density at radius 2 is 1.97 bits per heavy atom. The van der Waals surface area contributed by atoms with Gasteiger partial charge in [0.25, 0.3) is 0 Å². The van der Waals surface area contributed by atoms with Gasteiger partial charge in [0.15, 0.2) is 0 Å². The first kappa shape index (κ1) is 19.9.